The molecule has 0 heterocycles. The third-order valence-corrected chi connectivity index (χ3v) is 4.77. The summed E-state index contributed by atoms with van der Waals surface area (Å²) in [5.41, 5.74) is 0. The van der Waals surface area contributed by atoms with Gasteiger partial charge in [0.25, 0.3) is 0 Å². The van der Waals surface area contributed by atoms with Crippen LogP contribution in [0.25, 0.3) is 0 Å². The number of carbonyl (C=O) groups excluding carboxylic acids is 1. The van der Waals surface area contributed by atoms with E-state index in [2.05, 4.69) is 27.9 Å². The SMILES string of the molecule is CCNC(=NCCCCC1CCCC1)NCCNC(=O)C1CC1. The standard InChI is InChI=1S/C18H34N4O/c1-2-19-18(22-14-13-20-17(23)16-10-11-16)21-12-6-5-9-15-7-3-4-8-15/h15-16H,2-14H2,1H3,(H,20,23)(H2,19,21,22). The Morgan fingerprint density at radius 3 is 2.43 bits per heavy atom. The predicted octanol–water partition coefficient (Wildman–Crippen LogP) is 2.43. The fraction of sp³-hybridized carbons (Fsp3) is 0.889. The van der Waals surface area contributed by atoms with Gasteiger partial charge >= 0.3 is 0 Å². The van der Waals surface area contributed by atoms with Crippen LogP contribution in [0.1, 0.15) is 64.7 Å². The fourth-order valence-corrected chi connectivity index (χ4v) is 3.23. The van der Waals surface area contributed by atoms with Crippen LogP contribution in [0.4, 0.5) is 0 Å². The monoisotopic (exact) mass is 322 g/mol. The first-order valence-electron chi connectivity index (χ1n) is 9.59. The number of hydrogen-bond acceptors (Lipinski definition) is 2. The fourth-order valence-electron chi connectivity index (χ4n) is 3.23. The molecule has 0 aromatic rings. The lowest BCUT2D eigenvalue weighted by molar-refractivity contribution is -0.122. The van der Waals surface area contributed by atoms with Crippen LogP contribution in [0.5, 0.6) is 0 Å². The quantitative estimate of drug-likeness (QED) is 0.329. The lowest BCUT2D eigenvalue weighted by atomic mass is 10.0. The Kier molecular flexibility index (Phi) is 8.26. The molecule has 3 N–H and O–H groups in total. The van der Waals surface area contributed by atoms with Gasteiger partial charge in [0.05, 0.1) is 0 Å². The van der Waals surface area contributed by atoms with Gasteiger partial charge in [-0.1, -0.05) is 38.5 Å². The molecule has 23 heavy (non-hydrogen) atoms. The van der Waals surface area contributed by atoms with E-state index >= 15 is 0 Å². The number of unbranched alkanes of at least 4 members (excludes halogenated alkanes) is 1. The Morgan fingerprint density at radius 2 is 1.74 bits per heavy atom. The molecule has 0 radical (unpaired) electrons. The Balaban J connectivity index is 1.52. The number of nitrogens with zero attached hydrogens (tertiary/aromatic N) is 1. The summed E-state index contributed by atoms with van der Waals surface area (Å²) >= 11 is 0. The van der Waals surface area contributed by atoms with E-state index in [1.807, 2.05) is 0 Å². The molecule has 2 aliphatic rings. The van der Waals surface area contributed by atoms with Gasteiger partial charge in [-0.05, 0) is 32.1 Å². The summed E-state index contributed by atoms with van der Waals surface area (Å²) in [4.78, 5) is 16.2. The van der Waals surface area contributed by atoms with E-state index < -0.39 is 0 Å². The van der Waals surface area contributed by atoms with E-state index in [-0.39, 0.29) is 11.8 Å². The summed E-state index contributed by atoms with van der Waals surface area (Å²) in [5.74, 6) is 2.35. The molecule has 0 aliphatic heterocycles. The average Bonchev–Trinajstić information content (AvgIpc) is 3.28. The van der Waals surface area contributed by atoms with E-state index in [0.29, 0.717) is 6.54 Å². The Morgan fingerprint density at radius 1 is 1.00 bits per heavy atom. The van der Waals surface area contributed by atoms with Gasteiger partial charge in [0.15, 0.2) is 5.96 Å². The molecule has 2 aliphatic carbocycles. The summed E-state index contributed by atoms with van der Waals surface area (Å²) in [6.07, 6.45) is 11.7. The third kappa shape index (κ3) is 7.71. The summed E-state index contributed by atoms with van der Waals surface area (Å²) in [7, 11) is 0. The minimum atomic E-state index is 0.209. The van der Waals surface area contributed by atoms with Crippen molar-refractivity contribution < 1.29 is 4.79 Å². The van der Waals surface area contributed by atoms with Crippen molar-refractivity contribution in [1.82, 2.24) is 16.0 Å². The highest BCUT2D eigenvalue weighted by Gasteiger charge is 2.28. The number of hydrogen-bond donors (Lipinski definition) is 3. The highest BCUT2D eigenvalue weighted by molar-refractivity contribution is 5.81. The third-order valence-electron chi connectivity index (χ3n) is 4.77. The molecular weight excluding hydrogens is 288 g/mol. The van der Waals surface area contributed by atoms with Gasteiger partial charge in [0.1, 0.15) is 0 Å². The first-order chi connectivity index (χ1) is 11.3. The zero-order valence-corrected chi connectivity index (χ0v) is 14.7. The van der Waals surface area contributed by atoms with Gasteiger partial charge < -0.3 is 16.0 Å². The number of carbonyl (C=O) groups is 1. The second-order valence-corrected chi connectivity index (χ2v) is 6.90. The van der Waals surface area contributed by atoms with Crippen LogP contribution in [0.15, 0.2) is 4.99 Å². The van der Waals surface area contributed by atoms with Gasteiger partial charge in [0.2, 0.25) is 5.91 Å². The van der Waals surface area contributed by atoms with Crippen LogP contribution in [-0.2, 0) is 4.79 Å². The van der Waals surface area contributed by atoms with Crippen LogP contribution in [0.2, 0.25) is 0 Å². The molecule has 1 amide bonds. The molecule has 5 nitrogen and oxygen atoms in total. The van der Waals surface area contributed by atoms with Crippen LogP contribution in [0.3, 0.4) is 0 Å². The van der Waals surface area contributed by atoms with Gasteiger partial charge in [0, 0.05) is 32.1 Å². The topological polar surface area (TPSA) is 65.5 Å². The van der Waals surface area contributed by atoms with Crippen molar-refractivity contribution in [3.8, 4) is 0 Å². The molecule has 0 spiro atoms. The first kappa shape index (κ1) is 18.1. The molecule has 5 heteroatoms. The Hall–Kier alpha value is -1.26. The maximum absolute atomic E-state index is 11.5. The molecule has 2 rings (SSSR count). The normalized spacial score (nSPS) is 18.9. The van der Waals surface area contributed by atoms with Crippen molar-refractivity contribution in [3.63, 3.8) is 0 Å². The summed E-state index contributed by atoms with van der Waals surface area (Å²) in [6.45, 7) is 5.22. The molecule has 0 aromatic heterocycles. The number of aliphatic imine (C=N–C) groups is 1. The van der Waals surface area contributed by atoms with Crippen molar-refractivity contribution in [2.24, 2.45) is 16.8 Å². The molecule has 0 unspecified atom stereocenters. The lowest BCUT2D eigenvalue weighted by Gasteiger charge is -2.12. The first-order valence-corrected chi connectivity index (χ1v) is 9.59. The molecule has 0 saturated heterocycles. The average molecular weight is 322 g/mol. The number of amides is 1. The summed E-state index contributed by atoms with van der Waals surface area (Å²) < 4.78 is 0. The molecule has 0 atom stereocenters. The number of rotatable bonds is 10. The van der Waals surface area contributed by atoms with Crippen molar-refractivity contribution in [2.75, 3.05) is 26.2 Å². The van der Waals surface area contributed by atoms with Crippen LogP contribution in [-0.4, -0.2) is 38.0 Å². The van der Waals surface area contributed by atoms with Gasteiger partial charge in [-0.15, -0.1) is 0 Å². The number of guanidine groups is 1. The van der Waals surface area contributed by atoms with Gasteiger partial charge in [-0.2, -0.15) is 0 Å². The second kappa shape index (κ2) is 10.5. The van der Waals surface area contributed by atoms with E-state index in [1.54, 1.807) is 0 Å². The Bertz CT molecular complexity index is 373. The smallest absolute Gasteiger partial charge is 0.223 e. The van der Waals surface area contributed by atoms with Crippen molar-refractivity contribution in [1.29, 1.82) is 0 Å². The molecule has 132 valence electrons. The largest absolute Gasteiger partial charge is 0.357 e. The zero-order valence-electron chi connectivity index (χ0n) is 14.7. The minimum Gasteiger partial charge on any atom is -0.357 e. The number of nitrogens with one attached hydrogen (secondary N) is 3. The molecule has 2 saturated carbocycles. The molecule has 0 bridgehead atoms. The maximum atomic E-state index is 11.5. The molecule has 0 aromatic carbocycles. The van der Waals surface area contributed by atoms with Crippen molar-refractivity contribution in [3.05, 3.63) is 0 Å². The highest BCUT2D eigenvalue weighted by atomic mass is 16.2. The van der Waals surface area contributed by atoms with Crippen LogP contribution in [0, 0.1) is 11.8 Å². The van der Waals surface area contributed by atoms with Crippen LogP contribution < -0.4 is 16.0 Å². The van der Waals surface area contributed by atoms with Crippen molar-refractivity contribution >= 4 is 11.9 Å². The van der Waals surface area contributed by atoms with E-state index in [9.17, 15) is 4.79 Å². The second-order valence-electron chi connectivity index (χ2n) is 6.90. The molecular formula is C18H34N4O. The van der Waals surface area contributed by atoms with Crippen LogP contribution >= 0.6 is 0 Å². The van der Waals surface area contributed by atoms with Gasteiger partial charge in [-0.3, -0.25) is 9.79 Å². The zero-order chi connectivity index (χ0) is 16.3. The maximum Gasteiger partial charge on any atom is 0.223 e. The van der Waals surface area contributed by atoms with Gasteiger partial charge in [-0.25, -0.2) is 0 Å². The van der Waals surface area contributed by atoms with E-state index in [1.165, 1.54) is 44.9 Å². The highest BCUT2D eigenvalue weighted by Crippen LogP contribution is 2.29. The predicted molar refractivity (Wildman–Crippen MR) is 95.5 cm³/mol. The minimum absolute atomic E-state index is 0.209. The summed E-state index contributed by atoms with van der Waals surface area (Å²) in [6, 6.07) is 0. The van der Waals surface area contributed by atoms with E-state index in [4.69, 9.17) is 0 Å². The Labute approximate surface area is 141 Å². The lowest BCUT2D eigenvalue weighted by Crippen LogP contribution is -2.41. The van der Waals surface area contributed by atoms with E-state index in [0.717, 1.165) is 44.4 Å². The summed E-state index contributed by atoms with van der Waals surface area (Å²) in [5, 5.41) is 9.52. The van der Waals surface area contributed by atoms with Crippen molar-refractivity contribution in [2.45, 2.75) is 64.7 Å². The molecule has 2 fully saturated rings.